The van der Waals surface area contributed by atoms with E-state index in [9.17, 15) is 9.50 Å². The highest BCUT2D eigenvalue weighted by Crippen LogP contribution is 2.16. The van der Waals surface area contributed by atoms with Gasteiger partial charge in [0.15, 0.2) is 0 Å². The van der Waals surface area contributed by atoms with Crippen LogP contribution in [0, 0.1) is 5.82 Å². The number of benzene rings is 1. The summed E-state index contributed by atoms with van der Waals surface area (Å²) in [6, 6.07) is 4.71. The SMILES string of the molecule is CCc1cc(F)cc(C(O)CNC)c1. The van der Waals surface area contributed by atoms with Crippen LogP contribution in [0.15, 0.2) is 18.2 Å². The molecule has 0 fully saturated rings. The second-order valence-corrected chi connectivity index (χ2v) is 3.32. The number of aryl methyl sites for hydroxylation is 1. The molecule has 14 heavy (non-hydrogen) atoms. The smallest absolute Gasteiger partial charge is 0.123 e. The Bertz CT molecular complexity index is 301. The lowest BCUT2D eigenvalue weighted by atomic mass is 10.0. The second-order valence-electron chi connectivity index (χ2n) is 3.32. The molecule has 78 valence electrons. The van der Waals surface area contributed by atoms with Crippen molar-refractivity contribution in [2.75, 3.05) is 13.6 Å². The molecule has 0 saturated carbocycles. The van der Waals surface area contributed by atoms with Gasteiger partial charge in [-0.2, -0.15) is 0 Å². The van der Waals surface area contributed by atoms with E-state index in [0.29, 0.717) is 12.1 Å². The van der Waals surface area contributed by atoms with Gasteiger partial charge in [0.2, 0.25) is 0 Å². The predicted molar refractivity (Wildman–Crippen MR) is 54.7 cm³/mol. The van der Waals surface area contributed by atoms with E-state index in [2.05, 4.69) is 5.32 Å². The minimum Gasteiger partial charge on any atom is -0.387 e. The van der Waals surface area contributed by atoms with Crippen molar-refractivity contribution in [2.45, 2.75) is 19.4 Å². The molecule has 0 aliphatic rings. The number of hydrogen-bond donors (Lipinski definition) is 2. The topological polar surface area (TPSA) is 32.3 Å². The van der Waals surface area contributed by atoms with Crippen LogP contribution < -0.4 is 5.32 Å². The first-order valence-corrected chi connectivity index (χ1v) is 4.79. The van der Waals surface area contributed by atoms with Gasteiger partial charge in [-0.25, -0.2) is 4.39 Å². The molecule has 0 aliphatic heterocycles. The van der Waals surface area contributed by atoms with Crippen molar-refractivity contribution in [3.63, 3.8) is 0 Å². The molecular weight excluding hydrogens is 181 g/mol. The highest BCUT2D eigenvalue weighted by Gasteiger charge is 2.08. The summed E-state index contributed by atoms with van der Waals surface area (Å²) in [5, 5.41) is 12.5. The maximum atomic E-state index is 13.1. The van der Waals surface area contributed by atoms with Crippen LogP contribution >= 0.6 is 0 Å². The molecule has 0 aliphatic carbocycles. The zero-order chi connectivity index (χ0) is 10.6. The van der Waals surface area contributed by atoms with Gasteiger partial charge < -0.3 is 10.4 Å². The fourth-order valence-electron chi connectivity index (χ4n) is 1.38. The molecule has 0 radical (unpaired) electrons. The van der Waals surface area contributed by atoms with Gasteiger partial charge in [0, 0.05) is 6.54 Å². The predicted octanol–water partition coefficient (Wildman–Crippen LogP) is 1.64. The minimum absolute atomic E-state index is 0.283. The third-order valence-corrected chi connectivity index (χ3v) is 2.17. The Hall–Kier alpha value is -0.930. The Morgan fingerprint density at radius 2 is 2.14 bits per heavy atom. The first kappa shape index (κ1) is 11.1. The van der Waals surface area contributed by atoms with E-state index < -0.39 is 6.10 Å². The number of rotatable bonds is 4. The average Bonchev–Trinajstić information content (AvgIpc) is 2.17. The Kier molecular flexibility index (Phi) is 4.04. The number of halogens is 1. The molecule has 1 atom stereocenters. The first-order chi connectivity index (χ1) is 6.67. The molecule has 1 aromatic carbocycles. The molecule has 0 aromatic heterocycles. The third kappa shape index (κ3) is 2.79. The molecule has 2 nitrogen and oxygen atoms in total. The molecule has 1 aromatic rings. The van der Waals surface area contributed by atoms with Crippen LogP contribution in [0.25, 0.3) is 0 Å². The Balaban J connectivity index is 2.90. The summed E-state index contributed by atoms with van der Waals surface area (Å²) in [5.74, 6) is -0.283. The molecule has 0 saturated heterocycles. The van der Waals surface area contributed by atoms with Gasteiger partial charge >= 0.3 is 0 Å². The molecule has 1 unspecified atom stereocenters. The van der Waals surface area contributed by atoms with Crippen LogP contribution in [0.1, 0.15) is 24.2 Å². The van der Waals surface area contributed by atoms with E-state index in [1.54, 1.807) is 7.05 Å². The van der Waals surface area contributed by atoms with Crippen LogP contribution in [-0.2, 0) is 6.42 Å². The standard InChI is InChI=1S/C11H16FNO/c1-3-8-4-9(6-10(12)5-8)11(14)7-13-2/h4-6,11,13-14H,3,7H2,1-2H3. The summed E-state index contributed by atoms with van der Waals surface area (Å²) in [7, 11) is 1.75. The van der Waals surface area contributed by atoms with E-state index in [4.69, 9.17) is 0 Å². The normalized spacial score (nSPS) is 12.9. The lowest BCUT2D eigenvalue weighted by molar-refractivity contribution is 0.177. The molecular formula is C11H16FNO. The zero-order valence-corrected chi connectivity index (χ0v) is 8.55. The highest BCUT2D eigenvalue weighted by atomic mass is 19.1. The van der Waals surface area contributed by atoms with Crippen molar-refractivity contribution in [3.8, 4) is 0 Å². The molecule has 2 N–H and O–H groups in total. The van der Waals surface area contributed by atoms with Crippen LogP contribution in [-0.4, -0.2) is 18.7 Å². The first-order valence-electron chi connectivity index (χ1n) is 4.79. The van der Waals surface area contributed by atoms with E-state index in [1.807, 2.05) is 13.0 Å². The van der Waals surface area contributed by atoms with Crippen molar-refractivity contribution < 1.29 is 9.50 Å². The van der Waals surface area contributed by atoms with Gasteiger partial charge in [-0.1, -0.05) is 13.0 Å². The molecule has 0 heterocycles. The van der Waals surface area contributed by atoms with Gasteiger partial charge in [-0.15, -0.1) is 0 Å². The lowest BCUT2D eigenvalue weighted by Gasteiger charge is -2.11. The summed E-state index contributed by atoms with van der Waals surface area (Å²) < 4.78 is 13.1. The van der Waals surface area contributed by atoms with E-state index in [0.717, 1.165) is 12.0 Å². The minimum atomic E-state index is -0.638. The number of hydrogen-bond acceptors (Lipinski definition) is 2. The van der Waals surface area contributed by atoms with Crippen molar-refractivity contribution in [1.29, 1.82) is 0 Å². The van der Waals surface area contributed by atoms with Crippen molar-refractivity contribution in [3.05, 3.63) is 35.1 Å². The van der Waals surface area contributed by atoms with E-state index in [-0.39, 0.29) is 5.82 Å². The van der Waals surface area contributed by atoms with Gasteiger partial charge in [0.1, 0.15) is 5.82 Å². The van der Waals surface area contributed by atoms with Crippen molar-refractivity contribution in [1.82, 2.24) is 5.32 Å². The maximum Gasteiger partial charge on any atom is 0.123 e. The number of aliphatic hydroxyl groups excluding tert-OH is 1. The monoisotopic (exact) mass is 197 g/mol. The number of likely N-dealkylation sites (N-methyl/N-ethyl adjacent to an activating group) is 1. The Morgan fingerprint density at radius 1 is 1.43 bits per heavy atom. The number of aliphatic hydroxyl groups is 1. The van der Waals surface area contributed by atoms with Crippen LogP contribution in [0.3, 0.4) is 0 Å². The zero-order valence-electron chi connectivity index (χ0n) is 8.55. The van der Waals surface area contributed by atoms with Crippen molar-refractivity contribution >= 4 is 0 Å². The Labute approximate surface area is 83.8 Å². The maximum absolute atomic E-state index is 13.1. The summed E-state index contributed by atoms with van der Waals surface area (Å²) in [6.45, 7) is 2.40. The van der Waals surface area contributed by atoms with Crippen molar-refractivity contribution in [2.24, 2.45) is 0 Å². The fourth-order valence-corrected chi connectivity index (χ4v) is 1.38. The van der Waals surface area contributed by atoms with Gasteiger partial charge in [0.05, 0.1) is 6.10 Å². The summed E-state index contributed by atoms with van der Waals surface area (Å²) in [4.78, 5) is 0. The van der Waals surface area contributed by atoms with Gasteiger partial charge in [-0.3, -0.25) is 0 Å². The summed E-state index contributed by atoms with van der Waals surface area (Å²) >= 11 is 0. The largest absolute Gasteiger partial charge is 0.387 e. The van der Waals surface area contributed by atoms with E-state index >= 15 is 0 Å². The molecule has 0 amide bonds. The molecule has 0 bridgehead atoms. The Morgan fingerprint density at radius 3 is 2.71 bits per heavy atom. The van der Waals surface area contributed by atoms with Crippen LogP contribution in [0.2, 0.25) is 0 Å². The fraction of sp³-hybridized carbons (Fsp3) is 0.455. The molecule has 0 spiro atoms. The third-order valence-electron chi connectivity index (χ3n) is 2.17. The van der Waals surface area contributed by atoms with E-state index in [1.165, 1.54) is 12.1 Å². The number of nitrogens with one attached hydrogen (secondary N) is 1. The van der Waals surface area contributed by atoms with Crippen LogP contribution in [0.4, 0.5) is 4.39 Å². The van der Waals surface area contributed by atoms with Gasteiger partial charge in [-0.05, 0) is 36.7 Å². The average molecular weight is 197 g/mol. The summed E-state index contributed by atoms with van der Waals surface area (Å²) in [6.07, 6.45) is 0.137. The van der Waals surface area contributed by atoms with Crippen LogP contribution in [0.5, 0.6) is 0 Å². The summed E-state index contributed by atoms with van der Waals surface area (Å²) in [5.41, 5.74) is 1.55. The highest BCUT2D eigenvalue weighted by molar-refractivity contribution is 5.26. The second kappa shape index (κ2) is 5.08. The molecule has 1 rings (SSSR count). The molecule has 3 heteroatoms. The van der Waals surface area contributed by atoms with Gasteiger partial charge in [0.25, 0.3) is 0 Å². The quantitative estimate of drug-likeness (QED) is 0.769. The lowest BCUT2D eigenvalue weighted by Crippen LogP contribution is -2.16.